The SMILES string of the molecule is CC(=N)C(C#N)C(=O)COC(=O)c1cc(Br)ccc1Cl. The maximum atomic E-state index is 11.8. The van der Waals surface area contributed by atoms with Crippen LogP contribution in [0.5, 0.6) is 0 Å². The van der Waals surface area contributed by atoms with Gasteiger partial charge in [0.05, 0.1) is 16.7 Å². The summed E-state index contributed by atoms with van der Waals surface area (Å²) in [5.74, 6) is -2.59. The van der Waals surface area contributed by atoms with E-state index >= 15 is 0 Å². The molecule has 0 saturated heterocycles. The molecule has 1 aromatic rings. The maximum Gasteiger partial charge on any atom is 0.340 e. The summed E-state index contributed by atoms with van der Waals surface area (Å²) >= 11 is 9.05. The van der Waals surface area contributed by atoms with Gasteiger partial charge in [-0.3, -0.25) is 4.79 Å². The van der Waals surface area contributed by atoms with Crippen molar-refractivity contribution in [1.82, 2.24) is 0 Å². The van der Waals surface area contributed by atoms with Crippen molar-refractivity contribution in [3.8, 4) is 6.07 Å². The largest absolute Gasteiger partial charge is 0.454 e. The molecule has 1 rings (SSSR count). The van der Waals surface area contributed by atoms with Crippen molar-refractivity contribution in [3.05, 3.63) is 33.3 Å². The summed E-state index contributed by atoms with van der Waals surface area (Å²) in [7, 11) is 0. The topological polar surface area (TPSA) is 91.0 Å². The monoisotopic (exact) mass is 356 g/mol. The van der Waals surface area contributed by atoms with Crippen LogP contribution in [0.2, 0.25) is 5.02 Å². The molecule has 1 atom stereocenters. The number of carbonyl (C=O) groups excluding carboxylic acids is 2. The number of halogens is 2. The summed E-state index contributed by atoms with van der Waals surface area (Å²) in [5.41, 5.74) is 0.0305. The van der Waals surface area contributed by atoms with Crippen LogP contribution in [0.3, 0.4) is 0 Å². The van der Waals surface area contributed by atoms with E-state index in [1.54, 1.807) is 12.1 Å². The van der Waals surface area contributed by atoms with Gasteiger partial charge in [0.15, 0.2) is 12.4 Å². The van der Waals surface area contributed by atoms with Crippen molar-refractivity contribution < 1.29 is 14.3 Å². The molecule has 0 aliphatic rings. The van der Waals surface area contributed by atoms with Gasteiger partial charge in [0.25, 0.3) is 0 Å². The Morgan fingerprint density at radius 1 is 1.55 bits per heavy atom. The fourth-order valence-corrected chi connectivity index (χ4v) is 1.92. The lowest BCUT2D eigenvalue weighted by Gasteiger charge is -2.08. The second-order valence-corrected chi connectivity index (χ2v) is 5.23. The number of nitrogens with one attached hydrogen (secondary N) is 1. The highest BCUT2D eigenvalue weighted by molar-refractivity contribution is 9.10. The normalized spacial score (nSPS) is 11.3. The molecule has 104 valence electrons. The Labute approximate surface area is 129 Å². The van der Waals surface area contributed by atoms with Gasteiger partial charge in [-0.25, -0.2) is 4.79 Å². The number of rotatable bonds is 5. The molecule has 0 saturated carbocycles. The molecule has 20 heavy (non-hydrogen) atoms. The smallest absolute Gasteiger partial charge is 0.340 e. The van der Waals surface area contributed by atoms with Gasteiger partial charge in [-0.05, 0) is 25.1 Å². The Kier molecular flexibility index (Phi) is 5.86. The summed E-state index contributed by atoms with van der Waals surface area (Å²) < 4.78 is 5.46. The summed E-state index contributed by atoms with van der Waals surface area (Å²) in [6.45, 7) is 0.773. The molecule has 1 N–H and O–H groups in total. The minimum absolute atomic E-state index is 0.0889. The Morgan fingerprint density at radius 2 is 2.20 bits per heavy atom. The Hall–Kier alpha value is -1.71. The standard InChI is InChI=1S/C13H10BrClN2O3/c1-7(17)10(5-16)12(18)6-20-13(19)9-4-8(14)2-3-11(9)15/h2-4,10,17H,6H2,1H3. The van der Waals surface area contributed by atoms with Crippen molar-refractivity contribution in [2.75, 3.05) is 6.61 Å². The van der Waals surface area contributed by atoms with Crippen LogP contribution in [-0.2, 0) is 9.53 Å². The third kappa shape index (κ3) is 4.15. The fourth-order valence-electron chi connectivity index (χ4n) is 1.36. The molecular formula is C13H10BrClN2O3. The van der Waals surface area contributed by atoms with Crippen LogP contribution in [0.4, 0.5) is 0 Å². The number of nitrogens with zero attached hydrogens (tertiary/aromatic N) is 1. The highest BCUT2D eigenvalue weighted by atomic mass is 79.9. The second-order valence-electron chi connectivity index (χ2n) is 3.91. The lowest BCUT2D eigenvalue weighted by atomic mass is 10.0. The first kappa shape index (κ1) is 16.3. The van der Waals surface area contributed by atoms with E-state index in [4.69, 9.17) is 27.0 Å². The average molecular weight is 358 g/mol. The lowest BCUT2D eigenvalue weighted by molar-refractivity contribution is -0.122. The predicted molar refractivity (Wildman–Crippen MR) is 76.9 cm³/mol. The zero-order valence-electron chi connectivity index (χ0n) is 10.4. The summed E-state index contributed by atoms with van der Waals surface area (Å²) in [6, 6.07) is 6.34. The van der Waals surface area contributed by atoms with E-state index in [0.29, 0.717) is 4.47 Å². The van der Waals surface area contributed by atoms with Crippen molar-refractivity contribution in [3.63, 3.8) is 0 Å². The lowest BCUT2D eigenvalue weighted by Crippen LogP contribution is -2.25. The van der Waals surface area contributed by atoms with Crippen LogP contribution in [0.25, 0.3) is 0 Å². The highest BCUT2D eigenvalue weighted by Gasteiger charge is 2.22. The van der Waals surface area contributed by atoms with Gasteiger partial charge in [-0.15, -0.1) is 0 Å². The number of nitriles is 1. The molecule has 1 aromatic carbocycles. The van der Waals surface area contributed by atoms with Crippen LogP contribution in [0.15, 0.2) is 22.7 Å². The summed E-state index contributed by atoms with van der Waals surface area (Å²) in [6.07, 6.45) is 0. The first-order valence-electron chi connectivity index (χ1n) is 5.46. The number of hydrogen-bond donors (Lipinski definition) is 1. The molecule has 0 heterocycles. The molecule has 0 aromatic heterocycles. The van der Waals surface area contributed by atoms with Crippen molar-refractivity contribution >= 4 is 45.0 Å². The number of Topliss-reactive ketones (excluding diaryl/α,β-unsaturated/α-hetero) is 1. The van der Waals surface area contributed by atoms with E-state index < -0.39 is 24.3 Å². The Morgan fingerprint density at radius 3 is 2.75 bits per heavy atom. The van der Waals surface area contributed by atoms with E-state index in [9.17, 15) is 9.59 Å². The van der Waals surface area contributed by atoms with Gasteiger partial charge in [0.2, 0.25) is 0 Å². The summed E-state index contributed by atoms with van der Waals surface area (Å²) in [4.78, 5) is 23.4. The number of esters is 1. The van der Waals surface area contributed by atoms with E-state index in [-0.39, 0.29) is 16.3 Å². The molecule has 1 unspecified atom stereocenters. The molecule has 0 aliphatic carbocycles. The average Bonchev–Trinajstić information content (AvgIpc) is 2.39. The number of benzene rings is 1. The molecule has 0 spiro atoms. The number of carbonyl (C=O) groups is 2. The molecule has 0 radical (unpaired) electrons. The van der Waals surface area contributed by atoms with Gasteiger partial charge in [-0.1, -0.05) is 27.5 Å². The van der Waals surface area contributed by atoms with Crippen LogP contribution in [0, 0.1) is 22.7 Å². The van der Waals surface area contributed by atoms with Gasteiger partial charge >= 0.3 is 5.97 Å². The molecule has 7 heteroatoms. The van der Waals surface area contributed by atoms with E-state index in [0.717, 1.165) is 0 Å². The Balaban J connectivity index is 2.73. The van der Waals surface area contributed by atoms with Crippen LogP contribution < -0.4 is 0 Å². The molecule has 0 bridgehead atoms. The van der Waals surface area contributed by atoms with Gasteiger partial charge in [-0.2, -0.15) is 5.26 Å². The van der Waals surface area contributed by atoms with Crippen LogP contribution >= 0.6 is 27.5 Å². The number of hydrogen-bond acceptors (Lipinski definition) is 5. The third-order valence-electron chi connectivity index (χ3n) is 2.38. The number of ketones is 1. The van der Waals surface area contributed by atoms with Gasteiger partial charge in [0, 0.05) is 10.2 Å². The van der Waals surface area contributed by atoms with Gasteiger partial charge < -0.3 is 10.1 Å². The van der Waals surface area contributed by atoms with Crippen molar-refractivity contribution in [1.29, 1.82) is 10.7 Å². The number of ether oxygens (including phenoxy) is 1. The zero-order chi connectivity index (χ0) is 15.3. The first-order valence-corrected chi connectivity index (χ1v) is 6.63. The molecule has 0 aliphatic heterocycles. The van der Waals surface area contributed by atoms with Crippen molar-refractivity contribution in [2.24, 2.45) is 5.92 Å². The van der Waals surface area contributed by atoms with E-state index in [2.05, 4.69) is 15.9 Å². The predicted octanol–water partition coefficient (Wildman–Crippen LogP) is 3.01. The van der Waals surface area contributed by atoms with Crippen LogP contribution in [-0.4, -0.2) is 24.1 Å². The Bertz CT molecular complexity index is 610. The highest BCUT2D eigenvalue weighted by Crippen LogP contribution is 2.21. The van der Waals surface area contributed by atoms with Crippen molar-refractivity contribution in [2.45, 2.75) is 6.92 Å². The van der Waals surface area contributed by atoms with Gasteiger partial charge in [0.1, 0.15) is 5.92 Å². The minimum Gasteiger partial charge on any atom is -0.454 e. The summed E-state index contributed by atoms with van der Waals surface area (Å²) in [5, 5.41) is 16.2. The molecule has 0 amide bonds. The first-order chi connectivity index (χ1) is 9.36. The fraction of sp³-hybridized carbons (Fsp3) is 0.231. The maximum absolute atomic E-state index is 11.8. The zero-order valence-corrected chi connectivity index (χ0v) is 12.8. The van der Waals surface area contributed by atoms with E-state index in [1.807, 2.05) is 0 Å². The van der Waals surface area contributed by atoms with E-state index in [1.165, 1.54) is 19.1 Å². The minimum atomic E-state index is -1.19. The molecular weight excluding hydrogens is 348 g/mol. The second kappa shape index (κ2) is 7.17. The quantitative estimate of drug-likeness (QED) is 0.648. The molecule has 5 nitrogen and oxygen atoms in total. The third-order valence-corrected chi connectivity index (χ3v) is 3.20. The van der Waals surface area contributed by atoms with Crippen LogP contribution in [0.1, 0.15) is 17.3 Å². The molecule has 0 fully saturated rings.